The van der Waals surface area contributed by atoms with Crippen LogP contribution in [0.25, 0.3) is 11.2 Å². The van der Waals surface area contributed by atoms with Crippen molar-refractivity contribution in [3.05, 3.63) is 12.2 Å². The molecule has 1 aliphatic heterocycles. The molecule has 0 radical (unpaired) electrons. The van der Waals surface area contributed by atoms with Crippen molar-refractivity contribution in [2.75, 3.05) is 12.3 Å². The van der Waals surface area contributed by atoms with Crippen molar-refractivity contribution in [2.24, 2.45) is 0 Å². The first kappa shape index (κ1) is 16.2. The smallest absolute Gasteiger partial charge is 0.394 e. The van der Waals surface area contributed by atoms with E-state index in [0.29, 0.717) is 5.52 Å². The fourth-order valence-electron chi connectivity index (χ4n) is 2.37. The number of nitrogens with zero attached hydrogens (tertiary/aromatic N) is 3. The van der Waals surface area contributed by atoms with Crippen molar-refractivity contribution in [1.82, 2.24) is 19.9 Å². The maximum atomic E-state index is 11.1. The summed E-state index contributed by atoms with van der Waals surface area (Å²) < 4.78 is 21.0. The first-order chi connectivity index (χ1) is 10.8. The number of imidazole rings is 1. The van der Waals surface area contributed by atoms with E-state index in [2.05, 4.69) is 24.5 Å². The minimum Gasteiger partial charge on any atom is -0.394 e. The molecule has 7 N–H and O–H groups in total. The lowest BCUT2D eigenvalue weighted by Crippen LogP contribution is -2.34. The van der Waals surface area contributed by atoms with Gasteiger partial charge in [-0.2, -0.15) is 0 Å². The number of nitrogens with one attached hydrogen (secondary N) is 1. The summed E-state index contributed by atoms with van der Waals surface area (Å²) in [5.41, 5.74) is 6.36. The molecular weight excluding hydrogens is 333 g/mol. The number of aliphatic hydroxyl groups excluding tert-OH is 2. The van der Waals surface area contributed by atoms with Gasteiger partial charge in [0.05, 0.1) is 12.9 Å². The maximum Gasteiger partial charge on any atom is 0.470 e. The third kappa shape index (κ3) is 3.05. The number of ether oxygens (including phenoxy) is 1. The Bertz CT molecular complexity index is 763. The lowest BCUT2D eigenvalue weighted by atomic mass is 10.1. The number of aromatic amines is 1. The van der Waals surface area contributed by atoms with Crippen LogP contribution in [0.5, 0.6) is 0 Å². The third-order valence-electron chi connectivity index (χ3n) is 3.36. The van der Waals surface area contributed by atoms with Gasteiger partial charge in [0, 0.05) is 0 Å². The zero-order valence-corrected chi connectivity index (χ0v) is 12.4. The molecule has 0 amide bonds. The first-order valence-electron chi connectivity index (χ1n) is 6.45. The summed E-state index contributed by atoms with van der Waals surface area (Å²) in [6.07, 6.45) is -3.97. The number of phosphoric ester groups is 1. The standard InChI is InChI=1S/C10H14N5O7P/c11-8-4-9(13-2-12-4)15-10(14-8)7-6(22-23(18,19)20)5(17)3(1-16)21-7/h2-3,5-7,16-17H,1H2,(H2,18,19,20)(H3,11,12,13,14,15)/t3-,5-,6+,7?/m1/s1. The van der Waals surface area contributed by atoms with Crippen molar-refractivity contribution < 1.29 is 33.8 Å². The van der Waals surface area contributed by atoms with Crippen LogP contribution < -0.4 is 5.73 Å². The fourth-order valence-corrected chi connectivity index (χ4v) is 2.92. The molecule has 0 aliphatic carbocycles. The van der Waals surface area contributed by atoms with Gasteiger partial charge < -0.3 is 35.5 Å². The Hall–Kier alpha value is -1.66. The minimum absolute atomic E-state index is 0.0444. The summed E-state index contributed by atoms with van der Waals surface area (Å²) in [6.45, 7) is -0.585. The van der Waals surface area contributed by atoms with Crippen LogP contribution in [0.15, 0.2) is 6.33 Å². The van der Waals surface area contributed by atoms with Gasteiger partial charge in [-0.3, -0.25) is 4.52 Å². The molecule has 4 atom stereocenters. The highest BCUT2D eigenvalue weighted by Gasteiger charge is 2.49. The summed E-state index contributed by atoms with van der Waals surface area (Å²) in [4.78, 5) is 32.7. The zero-order valence-electron chi connectivity index (χ0n) is 11.5. The van der Waals surface area contributed by atoms with Gasteiger partial charge in [0.1, 0.15) is 29.9 Å². The molecule has 0 aromatic carbocycles. The molecule has 0 spiro atoms. The normalized spacial score (nSPS) is 28.5. The number of fused-ring (bicyclic) bond motifs is 1. The van der Waals surface area contributed by atoms with E-state index in [-0.39, 0.29) is 17.3 Å². The van der Waals surface area contributed by atoms with Gasteiger partial charge in [0.2, 0.25) is 0 Å². The third-order valence-corrected chi connectivity index (χ3v) is 3.88. The Morgan fingerprint density at radius 1 is 1.43 bits per heavy atom. The number of aromatic nitrogens is 4. The van der Waals surface area contributed by atoms with Gasteiger partial charge in [-0.25, -0.2) is 19.5 Å². The lowest BCUT2D eigenvalue weighted by Gasteiger charge is -2.20. The minimum atomic E-state index is -4.93. The second-order valence-corrected chi connectivity index (χ2v) is 6.09. The highest BCUT2D eigenvalue weighted by atomic mass is 31.2. The largest absolute Gasteiger partial charge is 0.470 e. The molecule has 12 nitrogen and oxygen atoms in total. The maximum absolute atomic E-state index is 11.1. The highest BCUT2D eigenvalue weighted by Crippen LogP contribution is 2.45. The predicted octanol–water partition coefficient (Wildman–Crippen LogP) is -1.79. The molecule has 2 aromatic heterocycles. The number of aliphatic hydroxyl groups is 2. The predicted molar refractivity (Wildman–Crippen MR) is 73.7 cm³/mol. The summed E-state index contributed by atoms with van der Waals surface area (Å²) in [5, 5.41) is 19.2. The fraction of sp³-hybridized carbons (Fsp3) is 0.500. The van der Waals surface area contributed by atoms with Crippen LogP contribution in [0.3, 0.4) is 0 Å². The quantitative estimate of drug-likeness (QED) is 0.341. The van der Waals surface area contributed by atoms with Gasteiger partial charge in [-0.15, -0.1) is 0 Å². The molecule has 13 heteroatoms. The molecular formula is C10H14N5O7P. The number of phosphoric acid groups is 1. The number of rotatable bonds is 4. The van der Waals surface area contributed by atoms with Crippen molar-refractivity contribution in [3.8, 4) is 0 Å². The van der Waals surface area contributed by atoms with E-state index >= 15 is 0 Å². The van der Waals surface area contributed by atoms with E-state index in [1.54, 1.807) is 0 Å². The molecule has 23 heavy (non-hydrogen) atoms. The molecule has 3 heterocycles. The number of anilines is 1. The first-order valence-corrected chi connectivity index (χ1v) is 7.98. The van der Waals surface area contributed by atoms with Gasteiger partial charge >= 0.3 is 7.82 Å². The summed E-state index contributed by atoms with van der Waals surface area (Å²) in [6, 6.07) is 0. The lowest BCUT2D eigenvalue weighted by molar-refractivity contribution is -0.0251. The van der Waals surface area contributed by atoms with E-state index in [0.717, 1.165) is 0 Å². The van der Waals surface area contributed by atoms with Crippen LogP contribution in [0.2, 0.25) is 0 Å². The molecule has 0 saturated carbocycles. The van der Waals surface area contributed by atoms with Gasteiger partial charge in [0.25, 0.3) is 0 Å². The second kappa shape index (κ2) is 5.76. The van der Waals surface area contributed by atoms with E-state index in [1.807, 2.05) is 0 Å². The summed E-state index contributed by atoms with van der Waals surface area (Å²) in [7, 11) is -4.93. The molecule has 1 saturated heterocycles. The monoisotopic (exact) mass is 347 g/mol. The molecule has 0 bridgehead atoms. The van der Waals surface area contributed by atoms with E-state index < -0.39 is 38.8 Å². The molecule has 1 unspecified atom stereocenters. The van der Waals surface area contributed by atoms with Crippen LogP contribution in [0, 0.1) is 0 Å². The Balaban J connectivity index is 2.01. The van der Waals surface area contributed by atoms with Gasteiger partial charge in [0.15, 0.2) is 17.3 Å². The van der Waals surface area contributed by atoms with E-state index in [1.165, 1.54) is 6.33 Å². The number of H-pyrrole nitrogens is 1. The Morgan fingerprint density at radius 3 is 2.83 bits per heavy atom. The Labute approximate surface area is 128 Å². The van der Waals surface area contributed by atoms with Crippen LogP contribution in [-0.2, 0) is 13.8 Å². The van der Waals surface area contributed by atoms with Crippen LogP contribution in [-0.4, -0.2) is 64.9 Å². The molecule has 2 aromatic rings. The van der Waals surface area contributed by atoms with Crippen molar-refractivity contribution in [1.29, 1.82) is 0 Å². The summed E-state index contributed by atoms with van der Waals surface area (Å²) >= 11 is 0. The highest BCUT2D eigenvalue weighted by molar-refractivity contribution is 7.46. The SMILES string of the molecule is Nc1nc(C2O[C@H](CO)[C@@H](O)[C@@H]2OP(=O)(O)O)nc2nc[nH]c12. The van der Waals surface area contributed by atoms with Crippen molar-refractivity contribution in [3.63, 3.8) is 0 Å². The Morgan fingerprint density at radius 2 is 2.17 bits per heavy atom. The number of hydrogen-bond donors (Lipinski definition) is 6. The Kier molecular flexibility index (Phi) is 4.06. The molecule has 1 fully saturated rings. The number of nitrogens with two attached hydrogens (primary N) is 1. The summed E-state index contributed by atoms with van der Waals surface area (Å²) in [5.74, 6) is -0.0292. The van der Waals surface area contributed by atoms with Gasteiger partial charge in [-0.1, -0.05) is 0 Å². The number of nitrogen functional groups attached to an aromatic ring is 1. The second-order valence-electron chi connectivity index (χ2n) is 4.90. The number of hydrogen-bond acceptors (Lipinski definition) is 9. The van der Waals surface area contributed by atoms with Crippen molar-refractivity contribution >= 4 is 24.8 Å². The zero-order chi connectivity index (χ0) is 16.8. The topological polar surface area (TPSA) is 197 Å². The molecule has 1 aliphatic rings. The van der Waals surface area contributed by atoms with Crippen molar-refractivity contribution in [2.45, 2.75) is 24.4 Å². The van der Waals surface area contributed by atoms with Crippen LogP contribution in [0.1, 0.15) is 11.9 Å². The van der Waals surface area contributed by atoms with Crippen LogP contribution in [0.4, 0.5) is 5.82 Å². The molecule has 126 valence electrons. The van der Waals surface area contributed by atoms with Gasteiger partial charge in [-0.05, 0) is 0 Å². The van der Waals surface area contributed by atoms with E-state index in [4.69, 9.17) is 20.3 Å². The molecule has 3 rings (SSSR count). The van der Waals surface area contributed by atoms with E-state index in [9.17, 15) is 14.8 Å². The average molecular weight is 347 g/mol. The van der Waals surface area contributed by atoms with Crippen LogP contribution >= 0.6 is 7.82 Å². The average Bonchev–Trinajstić information content (AvgIpc) is 3.04.